The fourth-order valence-corrected chi connectivity index (χ4v) is 6.20. The molecule has 1 saturated heterocycles. The summed E-state index contributed by atoms with van der Waals surface area (Å²) >= 11 is 4.57. The lowest BCUT2D eigenvalue weighted by Crippen LogP contribution is -2.36. The van der Waals surface area contributed by atoms with Crippen molar-refractivity contribution in [1.29, 1.82) is 0 Å². The molecule has 0 bridgehead atoms. The van der Waals surface area contributed by atoms with Crippen LogP contribution in [0, 0.1) is 0 Å². The van der Waals surface area contributed by atoms with Gasteiger partial charge in [-0.15, -0.1) is 22.7 Å². The third kappa shape index (κ3) is 3.50. The molecule has 6 nitrogen and oxygen atoms in total. The number of hydrogen-bond donors (Lipinski definition) is 1. The molecule has 2 aromatic rings. The zero-order valence-corrected chi connectivity index (χ0v) is 18.2. The Balaban J connectivity index is 1.89. The summed E-state index contributed by atoms with van der Waals surface area (Å²) in [6.07, 6.45) is 2.07. The molecule has 9 heteroatoms. The van der Waals surface area contributed by atoms with Gasteiger partial charge in [0.1, 0.15) is 5.82 Å². The maximum Gasteiger partial charge on any atom is 0.338 e. The van der Waals surface area contributed by atoms with Crippen LogP contribution in [0.15, 0.2) is 61.9 Å². The Hall–Kier alpha value is -2.49. The first-order valence-corrected chi connectivity index (χ1v) is 11.3. The van der Waals surface area contributed by atoms with E-state index in [1.807, 2.05) is 35.0 Å². The van der Waals surface area contributed by atoms with Crippen LogP contribution >= 0.6 is 34.4 Å². The van der Waals surface area contributed by atoms with E-state index in [9.17, 15) is 9.59 Å². The minimum absolute atomic E-state index is 0.261. The number of thiophene rings is 2. The molecule has 2 N–H and O–H groups in total. The predicted molar refractivity (Wildman–Crippen MR) is 116 cm³/mol. The van der Waals surface area contributed by atoms with Gasteiger partial charge in [-0.2, -0.15) is 0 Å². The molecular formula is C20H18N2O4S3. The number of carbonyl (C=O) groups excluding carboxylic acids is 2. The van der Waals surface area contributed by atoms with Gasteiger partial charge in [0, 0.05) is 14.7 Å². The average Bonchev–Trinajstić information content (AvgIpc) is 3.48. The van der Waals surface area contributed by atoms with Gasteiger partial charge in [0.15, 0.2) is 0 Å². The summed E-state index contributed by atoms with van der Waals surface area (Å²) in [6.45, 7) is 0.474. The topological polar surface area (TPSA) is 81.9 Å². The molecule has 0 saturated carbocycles. The lowest BCUT2D eigenvalue weighted by Gasteiger charge is -2.33. The zero-order chi connectivity index (χ0) is 20.5. The van der Waals surface area contributed by atoms with Crippen molar-refractivity contribution in [2.24, 2.45) is 5.73 Å². The van der Waals surface area contributed by atoms with Crippen molar-refractivity contribution in [3.05, 3.63) is 71.7 Å². The number of nitrogens with two attached hydrogens (primary N) is 1. The molecule has 0 aromatic carbocycles. The van der Waals surface area contributed by atoms with Crippen molar-refractivity contribution in [3.63, 3.8) is 0 Å². The van der Waals surface area contributed by atoms with Crippen LogP contribution in [0.4, 0.5) is 0 Å². The molecule has 4 heterocycles. The molecule has 0 aliphatic carbocycles. The summed E-state index contributed by atoms with van der Waals surface area (Å²) in [5.74, 6) is -1.36. The number of rotatable bonds is 4. The van der Waals surface area contributed by atoms with Crippen molar-refractivity contribution in [1.82, 2.24) is 4.90 Å². The van der Waals surface area contributed by atoms with Gasteiger partial charge >= 0.3 is 11.9 Å². The molecule has 1 fully saturated rings. The van der Waals surface area contributed by atoms with Gasteiger partial charge in [0.2, 0.25) is 0 Å². The Labute approximate surface area is 180 Å². The van der Waals surface area contributed by atoms with Crippen LogP contribution in [0.3, 0.4) is 0 Å². The highest BCUT2D eigenvalue weighted by molar-refractivity contribution is 8.07. The summed E-state index contributed by atoms with van der Waals surface area (Å²) in [4.78, 5) is 30.3. The molecule has 1 atom stereocenters. The highest BCUT2D eigenvalue weighted by Crippen LogP contribution is 2.51. The number of nitrogens with zero attached hydrogens (tertiary/aromatic N) is 1. The van der Waals surface area contributed by atoms with Crippen molar-refractivity contribution in [2.45, 2.75) is 5.92 Å². The second kappa shape index (κ2) is 8.10. The van der Waals surface area contributed by atoms with E-state index in [1.165, 1.54) is 37.3 Å². The SMILES string of the molecule is COC(=O)C1=C(N)N2C/C(=C/c3cccs3)SC2=C(C(=O)OC)[C@H]1c1cccs1. The van der Waals surface area contributed by atoms with Gasteiger partial charge in [-0.3, -0.25) is 0 Å². The molecular weight excluding hydrogens is 428 g/mol. The summed E-state index contributed by atoms with van der Waals surface area (Å²) < 4.78 is 10.1. The zero-order valence-electron chi connectivity index (χ0n) is 15.7. The third-order valence-corrected chi connectivity index (χ3v) is 7.55. The van der Waals surface area contributed by atoms with Crippen LogP contribution in [0.2, 0.25) is 0 Å². The van der Waals surface area contributed by atoms with E-state index in [0.717, 1.165) is 14.7 Å². The molecule has 150 valence electrons. The molecule has 29 heavy (non-hydrogen) atoms. The first kappa shape index (κ1) is 19.8. The Morgan fingerprint density at radius 3 is 2.41 bits per heavy atom. The summed E-state index contributed by atoms with van der Waals surface area (Å²) in [7, 11) is 2.65. The molecule has 2 aliphatic rings. The van der Waals surface area contributed by atoms with E-state index in [4.69, 9.17) is 15.2 Å². The number of esters is 2. The predicted octanol–water partition coefficient (Wildman–Crippen LogP) is 3.72. The van der Waals surface area contributed by atoms with Gasteiger partial charge in [0.25, 0.3) is 0 Å². The van der Waals surface area contributed by atoms with Crippen molar-refractivity contribution in [2.75, 3.05) is 20.8 Å². The van der Waals surface area contributed by atoms with Gasteiger partial charge in [-0.25, -0.2) is 9.59 Å². The number of ether oxygens (including phenoxy) is 2. The van der Waals surface area contributed by atoms with Crippen LogP contribution in [0.1, 0.15) is 15.7 Å². The molecule has 0 radical (unpaired) electrons. The first-order chi connectivity index (χ1) is 14.0. The number of fused-ring (bicyclic) bond motifs is 1. The smallest absolute Gasteiger partial charge is 0.338 e. The summed E-state index contributed by atoms with van der Waals surface area (Å²) in [6, 6.07) is 7.77. The van der Waals surface area contributed by atoms with Gasteiger partial charge in [-0.05, 0) is 29.0 Å². The fourth-order valence-electron chi connectivity index (χ4n) is 3.39. The van der Waals surface area contributed by atoms with Crippen LogP contribution in [-0.4, -0.2) is 37.6 Å². The van der Waals surface area contributed by atoms with E-state index in [0.29, 0.717) is 23.0 Å². The number of hydrogen-bond acceptors (Lipinski definition) is 9. The molecule has 4 rings (SSSR count). The van der Waals surface area contributed by atoms with E-state index in [1.54, 1.807) is 16.2 Å². The van der Waals surface area contributed by atoms with E-state index < -0.39 is 17.9 Å². The standard InChI is InChI=1S/C20H18N2O4S3/c1-25-19(23)15-14(13-6-4-8-28-13)16(20(24)26-2)18-22(17(15)21)10-12(29-18)9-11-5-3-7-27-11/h3-9,14H,10,21H2,1-2H3/b12-9-/t14-/m0/s1. The van der Waals surface area contributed by atoms with Gasteiger partial charge < -0.3 is 20.1 Å². The van der Waals surface area contributed by atoms with E-state index >= 15 is 0 Å². The van der Waals surface area contributed by atoms with Crippen molar-refractivity contribution in [3.8, 4) is 0 Å². The molecule has 2 aliphatic heterocycles. The number of methoxy groups -OCH3 is 2. The maximum atomic E-state index is 12.9. The van der Waals surface area contributed by atoms with Gasteiger partial charge in [-0.1, -0.05) is 23.9 Å². The maximum absolute atomic E-state index is 12.9. The van der Waals surface area contributed by atoms with Crippen molar-refractivity contribution < 1.29 is 19.1 Å². The second-order valence-electron chi connectivity index (χ2n) is 6.26. The van der Waals surface area contributed by atoms with Crippen LogP contribution in [0.5, 0.6) is 0 Å². The van der Waals surface area contributed by atoms with Crippen LogP contribution in [-0.2, 0) is 19.1 Å². The molecule has 0 amide bonds. The Bertz CT molecular complexity index is 1040. The lowest BCUT2D eigenvalue weighted by atomic mass is 9.87. The highest BCUT2D eigenvalue weighted by atomic mass is 32.2. The second-order valence-corrected chi connectivity index (χ2v) is 9.34. The monoisotopic (exact) mass is 446 g/mol. The highest BCUT2D eigenvalue weighted by Gasteiger charge is 2.45. The summed E-state index contributed by atoms with van der Waals surface area (Å²) in [5, 5.41) is 4.61. The summed E-state index contributed by atoms with van der Waals surface area (Å²) in [5.41, 5.74) is 7.13. The Morgan fingerprint density at radius 1 is 1.10 bits per heavy atom. The largest absolute Gasteiger partial charge is 0.466 e. The van der Waals surface area contributed by atoms with E-state index in [-0.39, 0.29) is 5.57 Å². The Kier molecular flexibility index (Phi) is 5.53. The first-order valence-electron chi connectivity index (χ1n) is 8.68. The van der Waals surface area contributed by atoms with Gasteiger partial charge in [0.05, 0.1) is 42.9 Å². The van der Waals surface area contributed by atoms with E-state index in [2.05, 4.69) is 6.08 Å². The number of carbonyl (C=O) groups is 2. The van der Waals surface area contributed by atoms with Crippen molar-refractivity contribution >= 4 is 52.5 Å². The normalized spacial score (nSPS) is 20.3. The minimum Gasteiger partial charge on any atom is -0.466 e. The molecule has 0 unspecified atom stereocenters. The minimum atomic E-state index is -0.630. The average molecular weight is 447 g/mol. The third-order valence-electron chi connectivity index (χ3n) is 4.65. The molecule has 2 aromatic heterocycles. The van der Waals surface area contributed by atoms with Crippen LogP contribution < -0.4 is 5.73 Å². The fraction of sp³-hybridized carbons (Fsp3) is 0.200. The quantitative estimate of drug-likeness (QED) is 0.717. The Morgan fingerprint density at radius 2 is 1.79 bits per heavy atom. The lowest BCUT2D eigenvalue weighted by molar-refractivity contribution is -0.137. The molecule has 0 spiro atoms. The number of thioether (sulfide) groups is 1. The van der Waals surface area contributed by atoms with Crippen LogP contribution in [0.25, 0.3) is 6.08 Å².